The van der Waals surface area contributed by atoms with Crippen LogP contribution in [0.2, 0.25) is 0 Å². The van der Waals surface area contributed by atoms with E-state index in [0.29, 0.717) is 5.82 Å². The number of amides is 1. The smallest absolute Gasteiger partial charge is 0.222 e. The van der Waals surface area contributed by atoms with Crippen LogP contribution in [0.3, 0.4) is 0 Å². The Morgan fingerprint density at radius 1 is 1.14 bits per heavy atom. The fourth-order valence-corrected chi connectivity index (χ4v) is 3.22. The lowest BCUT2D eigenvalue weighted by atomic mass is 10.0. The molecule has 2 N–H and O–H groups in total. The molecule has 140 valence electrons. The number of ether oxygens (including phenoxy) is 1. The molecule has 0 radical (unpaired) electrons. The molecule has 0 aliphatic carbocycles. The molecule has 4 aromatic rings. The maximum absolute atomic E-state index is 11.4. The first-order valence-electron chi connectivity index (χ1n) is 8.79. The second-order valence-corrected chi connectivity index (χ2v) is 6.37. The Hall–Kier alpha value is -3.74. The summed E-state index contributed by atoms with van der Waals surface area (Å²) in [7, 11) is 1.63. The number of fused-ring (bicyclic) bond motifs is 1. The van der Waals surface area contributed by atoms with Crippen molar-refractivity contribution in [3.05, 3.63) is 54.5 Å². The van der Waals surface area contributed by atoms with E-state index in [0.717, 1.165) is 45.0 Å². The molecular formula is C21H19N5O2. The van der Waals surface area contributed by atoms with Crippen molar-refractivity contribution < 1.29 is 9.53 Å². The lowest BCUT2D eigenvalue weighted by molar-refractivity contribution is -0.114. The van der Waals surface area contributed by atoms with Gasteiger partial charge in [0.1, 0.15) is 11.6 Å². The highest BCUT2D eigenvalue weighted by atomic mass is 16.5. The summed E-state index contributed by atoms with van der Waals surface area (Å²) in [6.45, 7) is 3.36. The number of aromatic nitrogens is 4. The van der Waals surface area contributed by atoms with Gasteiger partial charge >= 0.3 is 0 Å². The number of nitrogens with zero attached hydrogens (tertiary/aromatic N) is 3. The van der Waals surface area contributed by atoms with Gasteiger partial charge in [0.25, 0.3) is 0 Å². The number of hydrogen-bond donors (Lipinski definition) is 2. The summed E-state index contributed by atoms with van der Waals surface area (Å²) < 4.78 is 5.34. The van der Waals surface area contributed by atoms with Crippen LogP contribution in [-0.4, -0.2) is 33.0 Å². The summed E-state index contributed by atoms with van der Waals surface area (Å²) in [5.74, 6) is 1.05. The first kappa shape index (κ1) is 17.7. The molecule has 7 nitrogen and oxygen atoms in total. The van der Waals surface area contributed by atoms with E-state index in [-0.39, 0.29) is 5.91 Å². The van der Waals surface area contributed by atoms with Gasteiger partial charge in [-0.15, -0.1) is 0 Å². The van der Waals surface area contributed by atoms with Crippen molar-refractivity contribution in [2.75, 3.05) is 12.4 Å². The average Bonchev–Trinajstić information content (AvgIpc) is 3.07. The van der Waals surface area contributed by atoms with Gasteiger partial charge in [-0.25, -0.2) is 9.97 Å². The molecular weight excluding hydrogens is 354 g/mol. The van der Waals surface area contributed by atoms with Crippen LogP contribution in [0.4, 0.5) is 5.82 Å². The summed E-state index contributed by atoms with van der Waals surface area (Å²) in [4.78, 5) is 28.3. The van der Waals surface area contributed by atoms with Crippen molar-refractivity contribution in [3.8, 4) is 28.3 Å². The van der Waals surface area contributed by atoms with Gasteiger partial charge in [-0.2, -0.15) is 0 Å². The SMILES string of the molecule is COc1ccc(-c2c(-c3ccnc(NC(C)=O)c3)[nH]c3cccnc23)nc1C. The van der Waals surface area contributed by atoms with Gasteiger partial charge in [0.2, 0.25) is 5.91 Å². The van der Waals surface area contributed by atoms with Crippen molar-refractivity contribution in [3.63, 3.8) is 0 Å². The fourth-order valence-electron chi connectivity index (χ4n) is 3.22. The summed E-state index contributed by atoms with van der Waals surface area (Å²) in [6.07, 6.45) is 3.42. The number of rotatable bonds is 4. The van der Waals surface area contributed by atoms with Crippen LogP contribution in [0.5, 0.6) is 5.75 Å². The Morgan fingerprint density at radius 2 is 2.00 bits per heavy atom. The molecule has 0 saturated heterocycles. The maximum Gasteiger partial charge on any atom is 0.222 e. The normalized spacial score (nSPS) is 10.8. The van der Waals surface area contributed by atoms with Crippen molar-refractivity contribution in [1.29, 1.82) is 0 Å². The summed E-state index contributed by atoms with van der Waals surface area (Å²) in [5, 5.41) is 2.72. The standard InChI is InChI=1S/C21H19N5O2/c1-12-17(28-3)7-6-15(24-12)19-20(26-16-5-4-9-23-21(16)19)14-8-10-22-18(11-14)25-13(2)27/h4-11,26H,1-3H3,(H,22,25,27). The van der Waals surface area contributed by atoms with Gasteiger partial charge in [0.15, 0.2) is 0 Å². The van der Waals surface area contributed by atoms with Crippen LogP contribution < -0.4 is 10.1 Å². The van der Waals surface area contributed by atoms with Crippen LogP contribution >= 0.6 is 0 Å². The van der Waals surface area contributed by atoms with Crippen molar-refractivity contribution in [2.24, 2.45) is 0 Å². The number of nitrogens with one attached hydrogen (secondary N) is 2. The number of carbonyl (C=O) groups is 1. The largest absolute Gasteiger partial charge is 0.495 e. The van der Waals surface area contributed by atoms with Crippen molar-refractivity contribution in [1.82, 2.24) is 19.9 Å². The molecule has 4 heterocycles. The van der Waals surface area contributed by atoms with E-state index in [1.54, 1.807) is 19.5 Å². The minimum Gasteiger partial charge on any atom is -0.495 e. The zero-order valence-electron chi connectivity index (χ0n) is 15.8. The van der Waals surface area contributed by atoms with Crippen LogP contribution in [0.15, 0.2) is 48.8 Å². The number of aromatic amines is 1. The Kier molecular flexibility index (Phi) is 4.49. The zero-order chi connectivity index (χ0) is 19.7. The number of H-pyrrole nitrogens is 1. The molecule has 0 fully saturated rings. The molecule has 0 saturated carbocycles. The first-order valence-corrected chi connectivity index (χ1v) is 8.79. The molecule has 4 aromatic heterocycles. The van der Waals surface area contributed by atoms with E-state index in [4.69, 9.17) is 9.72 Å². The Morgan fingerprint density at radius 3 is 2.75 bits per heavy atom. The molecule has 4 rings (SSSR count). The molecule has 0 aromatic carbocycles. The molecule has 0 aliphatic heterocycles. The van der Waals surface area contributed by atoms with Gasteiger partial charge in [-0.05, 0) is 43.3 Å². The molecule has 0 unspecified atom stereocenters. The van der Waals surface area contributed by atoms with E-state index >= 15 is 0 Å². The number of anilines is 1. The van der Waals surface area contributed by atoms with Crippen molar-refractivity contribution >= 4 is 22.8 Å². The van der Waals surface area contributed by atoms with Crippen LogP contribution in [-0.2, 0) is 4.79 Å². The monoisotopic (exact) mass is 373 g/mol. The minimum atomic E-state index is -0.171. The number of carbonyl (C=O) groups excluding carboxylic acids is 1. The molecule has 0 atom stereocenters. The fraction of sp³-hybridized carbons (Fsp3) is 0.143. The molecule has 28 heavy (non-hydrogen) atoms. The first-order chi connectivity index (χ1) is 13.6. The van der Waals surface area contributed by atoms with Crippen LogP contribution in [0.1, 0.15) is 12.6 Å². The molecule has 0 bridgehead atoms. The number of pyridine rings is 3. The van der Waals surface area contributed by atoms with Gasteiger partial charge in [0.05, 0.1) is 40.8 Å². The third-order valence-electron chi connectivity index (χ3n) is 4.42. The van der Waals surface area contributed by atoms with Gasteiger partial charge in [0, 0.05) is 24.9 Å². The topological polar surface area (TPSA) is 92.8 Å². The molecule has 0 spiro atoms. The Labute approximate surface area is 161 Å². The highest BCUT2D eigenvalue weighted by Gasteiger charge is 2.18. The predicted octanol–water partition coefficient (Wildman–Crippen LogP) is 3.96. The van der Waals surface area contributed by atoms with E-state index in [2.05, 4.69) is 20.3 Å². The van der Waals surface area contributed by atoms with Gasteiger partial charge in [-0.1, -0.05) is 0 Å². The highest BCUT2D eigenvalue weighted by molar-refractivity contribution is 6.01. The van der Waals surface area contributed by atoms with Crippen LogP contribution in [0, 0.1) is 6.92 Å². The minimum absolute atomic E-state index is 0.171. The second kappa shape index (κ2) is 7.11. The van der Waals surface area contributed by atoms with Crippen molar-refractivity contribution in [2.45, 2.75) is 13.8 Å². The zero-order valence-corrected chi connectivity index (χ0v) is 15.8. The number of hydrogen-bond acceptors (Lipinski definition) is 5. The van der Waals surface area contributed by atoms with Gasteiger partial charge < -0.3 is 15.0 Å². The third kappa shape index (κ3) is 3.18. The summed E-state index contributed by atoms with van der Waals surface area (Å²) >= 11 is 0. The Bertz CT molecular complexity index is 1180. The number of aryl methyl sites for hydroxylation is 1. The van der Waals surface area contributed by atoms with E-state index < -0.39 is 0 Å². The third-order valence-corrected chi connectivity index (χ3v) is 4.42. The lowest BCUT2D eigenvalue weighted by Crippen LogP contribution is -2.07. The van der Waals surface area contributed by atoms with E-state index in [1.807, 2.05) is 43.3 Å². The number of methoxy groups -OCH3 is 1. The average molecular weight is 373 g/mol. The quantitative estimate of drug-likeness (QED) is 0.565. The second-order valence-electron chi connectivity index (χ2n) is 6.37. The predicted molar refractivity (Wildman–Crippen MR) is 108 cm³/mol. The molecule has 7 heteroatoms. The van der Waals surface area contributed by atoms with E-state index in [1.165, 1.54) is 6.92 Å². The maximum atomic E-state index is 11.4. The Balaban J connectivity index is 1.94. The highest BCUT2D eigenvalue weighted by Crippen LogP contribution is 2.37. The molecule has 1 amide bonds. The lowest BCUT2D eigenvalue weighted by Gasteiger charge is -2.09. The van der Waals surface area contributed by atoms with E-state index in [9.17, 15) is 4.79 Å². The van der Waals surface area contributed by atoms with Gasteiger partial charge in [-0.3, -0.25) is 9.78 Å². The molecule has 0 aliphatic rings. The summed E-state index contributed by atoms with van der Waals surface area (Å²) in [6, 6.07) is 11.4. The van der Waals surface area contributed by atoms with Crippen LogP contribution in [0.25, 0.3) is 33.5 Å². The summed E-state index contributed by atoms with van der Waals surface area (Å²) in [5.41, 5.74) is 5.94.